The summed E-state index contributed by atoms with van der Waals surface area (Å²) in [7, 11) is 0. The Balaban J connectivity index is 1.46. The lowest BCUT2D eigenvalue weighted by Crippen LogP contribution is -2.26. The van der Waals surface area contributed by atoms with Crippen LogP contribution >= 0.6 is 0 Å². The van der Waals surface area contributed by atoms with Crippen molar-refractivity contribution in [3.63, 3.8) is 0 Å². The number of aromatic nitrogens is 2. The summed E-state index contributed by atoms with van der Waals surface area (Å²) in [6.45, 7) is 0.418. The van der Waals surface area contributed by atoms with Crippen LogP contribution in [0.25, 0.3) is 10.9 Å². The number of pyridine rings is 1. The van der Waals surface area contributed by atoms with Crippen LogP contribution in [0.2, 0.25) is 0 Å². The second kappa shape index (κ2) is 7.61. The molecule has 2 aromatic heterocycles. The van der Waals surface area contributed by atoms with Gasteiger partial charge in [-0.25, -0.2) is 4.79 Å². The summed E-state index contributed by atoms with van der Waals surface area (Å²) < 4.78 is 5.42. The number of benzene rings is 2. The number of amides is 1. The van der Waals surface area contributed by atoms with Crippen molar-refractivity contribution in [2.45, 2.75) is 6.54 Å². The minimum absolute atomic E-state index is 0.418. The monoisotopic (exact) mass is 358 g/mol. The Kier molecular flexibility index (Phi) is 4.70. The smallest absolute Gasteiger partial charge is 0.410 e. The molecule has 4 aromatic rings. The van der Waals surface area contributed by atoms with Crippen LogP contribution in [0, 0.1) is 0 Å². The molecule has 0 unspecified atom stereocenters. The van der Waals surface area contributed by atoms with Gasteiger partial charge < -0.3 is 20.4 Å². The maximum absolute atomic E-state index is 12.1. The maximum Gasteiger partial charge on any atom is 0.412 e. The quantitative estimate of drug-likeness (QED) is 0.487. The average molecular weight is 358 g/mol. The molecule has 2 aromatic carbocycles. The number of anilines is 2. The van der Waals surface area contributed by atoms with Gasteiger partial charge in [0.15, 0.2) is 0 Å². The zero-order chi connectivity index (χ0) is 18.5. The fraction of sp³-hybridized carbons (Fsp3) is 0.0476. The van der Waals surface area contributed by atoms with Crippen LogP contribution in [0.3, 0.4) is 0 Å². The third-order valence-corrected chi connectivity index (χ3v) is 4.10. The summed E-state index contributed by atoms with van der Waals surface area (Å²) in [5.41, 5.74) is 3.78. The first kappa shape index (κ1) is 16.7. The number of aromatic amines is 1. The Labute approximate surface area is 156 Å². The Morgan fingerprint density at radius 3 is 2.67 bits per heavy atom. The van der Waals surface area contributed by atoms with Crippen molar-refractivity contribution in [2.24, 2.45) is 0 Å². The summed E-state index contributed by atoms with van der Waals surface area (Å²) in [5.74, 6) is 0.477. The van der Waals surface area contributed by atoms with Gasteiger partial charge in [-0.3, -0.25) is 4.98 Å². The Bertz CT molecular complexity index is 1050. The van der Waals surface area contributed by atoms with Gasteiger partial charge in [0.25, 0.3) is 0 Å². The van der Waals surface area contributed by atoms with Crippen LogP contribution in [0.15, 0.2) is 79.3 Å². The molecule has 0 bridgehead atoms. The zero-order valence-corrected chi connectivity index (χ0v) is 14.5. The van der Waals surface area contributed by atoms with Crippen LogP contribution < -0.4 is 15.4 Å². The van der Waals surface area contributed by atoms with Crippen LogP contribution in [0.4, 0.5) is 16.2 Å². The molecular formula is C21H18N4O2. The lowest BCUT2D eigenvalue weighted by atomic mass is 10.2. The first-order chi connectivity index (χ1) is 13.3. The van der Waals surface area contributed by atoms with E-state index < -0.39 is 6.09 Å². The molecule has 0 aliphatic carbocycles. The van der Waals surface area contributed by atoms with Crippen molar-refractivity contribution in [1.29, 1.82) is 0 Å². The molecule has 0 aliphatic rings. The molecule has 3 N–H and O–H groups in total. The molecule has 1 amide bonds. The van der Waals surface area contributed by atoms with E-state index in [1.165, 1.54) is 0 Å². The van der Waals surface area contributed by atoms with Crippen molar-refractivity contribution in [3.05, 3.63) is 84.8 Å². The van der Waals surface area contributed by atoms with E-state index in [0.29, 0.717) is 12.3 Å². The van der Waals surface area contributed by atoms with E-state index >= 15 is 0 Å². The second-order valence-corrected chi connectivity index (χ2v) is 6.00. The number of H-pyrrole nitrogens is 1. The average Bonchev–Trinajstić information content (AvgIpc) is 3.10. The second-order valence-electron chi connectivity index (χ2n) is 6.00. The fourth-order valence-corrected chi connectivity index (χ4v) is 2.77. The van der Waals surface area contributed by atoms with Crippen LogP contribution in [0.5, 0.6) is 5.75 Å². The highest BCUT2D eigenvalue weighted by Crippen LogP contribution is 2.29. The predicted molar refractivity (Wildman–Crippen MR) is 105 cm³/mol. The molecule has 0 saturated heterocycles. The van der Waals surface area contributed by atoms with Gasteiger partial charge in [0.1, 0.15) is 5.75 Å². The zero-order valence-electron chi connectivity index (χ0n) is 14.5. The molecule has 0 fully saturated rings. The predicted octanol–water partition coefficient (Wildman–Crippen LogP) is 4.60. The molecule has 6 nitrogen and oxygen atoms in total. The molecule has 0 aliphatic heterocycles. The highest BCUT2D eigenvalue weighted by atomic mass is 16.6. The molecule has 134 valence electrons. The van der Waals surface area contributed by atoms with Gasteiger partial charge >= 0.3 is 6.09 Å². The van der Waals surface area contributed by atoms with Crippen LogP contribution in [0.1, 0.15) is 5.56 Å². The fourth-order valence-electron chi connectivity index (χ4n) is 2.77. The van der Waals surface area contributed by atoms with Crippen molar-refractivity contribution in [2.75, 3.05) is 5.32 Å². The number of nitrogens with zero attached hydrogens (tertiary/aromatic N) is 1. The molecule has 0 radical (unpaired) electrons. The molecule has 27 heavy (non-hydrogen) atoms. The summed E-state index contributed by atoms with van der Waals surface area (Å²) in [6, 6.07) is 18.9. The third kappa shape index (κ3) is 4.07. The first-order valence-electron chi connectivity index (χ1n) is 8.56. The molecule has 4 rings (SSSR count). The van der Waals surface area contributed by atoms with E-state index in [9.17, 15) is 4.79 Å². The van der Waals surface area contributed by atoms with Crippen molar-refractivity contribution < 1.29 is 9.53 Å². The molecular weight excluding hydrogens is 340 g/mol. The summed E-state index contributed by atoms with van der Waals surface area (Å²) in [5, 5.41) is 7.01. The van der Waals surface area contributed by atoms with Gasteiger partial charge in [-0.05, 0) is 35.9 Å². The minimum Gasteiger partial charge on any atom is -0.410 e. The summed E-state index contributed by atoms with van der Waals surface area (Å²) >= 11 is 0. The summed E-state index contributed by atoms with van der Waals surface area (Å²) in [4.78, 5) is 19.3. The topological polar surface area (TPSA) is 79.0 Å². The van der Waals surface area contributed by atoms with Gasteiger partial charge in [-0.2, -0.15) is 0 Å². The lowest BCUT2D eigenvalue weighted by molar-refractivity contribution is 0.200. The number of carbonyl (C=O) groups excluding carboxylic acids is 1. The Hall–Kier alpha value is -3.80. The Morgan fingerprint density at radius 1 is 1.04 bits per heavy atom. The normalized spacial score (nSPS) is 10.5. The van der Waals surface area contributed by atoms with E-state index in [4.69, 9.17) is 4.74 Å². The summed E-state index contributed by atoms with van der Waals surface area (Å²) in [6.07, 6.45) is 4.84. The number of nitrogens with one attached hydrogen (secondary N) is 3. The van der Waals surface area contributed by atoms with Gasteiger partial charge in [0.05, 0.1) is 5.69 Å². The molecule has 6 heteroatoms. The van der Waals surface area contributed by atoms with Crippen molar-refractivity contribution in [3.8, 4) is 5.75 Å². The SMILES string of the molecule is O=C(NCc1ccccc1)Oc1ccc2[nH]cc(Nc3ccncc3)c2c1. The van der Waals surface area contributed by atoms with Gasteiger partial charge in [-0.1, -0.05) is 30.3 Å². The Morgan fingerprint density at radius 2 is 1.85 bits per heavy atom. The van der Waals surface area contributed by atoms with E-state index in [0.717, 1.165) is 27.8 Å². The van der Waals surface area contributed by atoms with E-state index in [2.05, 4.69) is 20.6 Å². The lowest BCUT2D eigenvalue weighted by Gasteiger charge is -2.08. The molecule has 0 saturated carbocycles. The van der Waals surface area contributed by atoms with E-state index in [1.54, 1.807) is 18.5 Å². The van der Waals surface area contributed by atoms with Gasteiger partial charge in [0.2, 0.25) is 0 Å². The van der Waals surface area contributed by atoms with Crippen LogP contribution in [-0.4, -0.2) is 16.1 Å². The highest BCUT2D eigenvalue weighted by molar-refractivity contribution is 5.95. The van der Waals surface area contributed by atoms with E-state index in [-0.39, 0.29) is 0 Å². The first-order valence-corrected chi connectivity index (χ1v) is 8.56. The number of hydrogen-bond donors (Lipinski definition) is 3. The van der Waals surface area contributed by atoms with Gasteiger partial charge in [0, 0.05) is 41.7 Å². The standard InChI is InChI=1S/C21H18N4O2/c26-21(24-13-15-4-2-1-3-5-15)27-17-6-7-19-18(12-17)20(14-23-19)25-16-8-10-22-11-9-16/h1-12,14,23H,13H2,(H,22,25)(H,24,26). The van der Waals surface area contributed by atoms with Crippen molar-refractivity contribution in [1.82, 2.24) is 15.3 Å². The van der Waals surface area contributed by atoms with Gasteiger partial charge in [-0.15, -0.1) is 0 Å². The maximum atomic E-state index is 12.1. The minimum atomic E-state index is -0.489. The van der Waals surface area contributed by atoms with Crippen LogP contribution in [-0.2, 0) is 6.54 Å². The number of hydrogen-bond acceptors (Lipinski definition) is 4. The molecule has 0 spiro atoms. The van der Waals surface area contributed by atoms with Crippen molar-refractivity contribution >= 4 is 28.4 Å². The number of fused-ring (bicyclic) bond motifs is 1. The number of rotatable bonds is 5. The number of ether oxygens (including phenoxy) is 1. The van der Waals surface area contributed by atoms with E-state index in [1.807, 2.05) is 60.8 Å². The molecule has 0 atom stereocenters. The largest absolute Gasteiger partial charge is 0.412 e. The third-order valence-electron chi connectivity index (χ3n) is 4.10. The molecule has 2 heterocycles. The highest BCUT2D eigenvalue weighted by Gasteiger charge is 2.09. The number of carbonyl (C=O) groups is 1.